The van der Waals surface area contributed by atoms with Crippen LogP contribution in [-0.4, -0.2) is 40.1 Å². The largest absolute Gasteiger partial charge is 0.477 e. The number of rotatable bonds is 4. The number of hydrazone groups is 1. The van der Waals surface area contributed by atoms with Crippen LogP contribution >= 0.6 is 0 Å². The van der Waals surface area contributed by atoms with Crippen LogP contribution < -0.4 is 16.5 Å². The Bertz CT molecular complexity index is 1000. The van der Waals surface area contributed by atoms with Crippen LogP contribution in [0.1, 0.15) is 58.5 Å². The topological polar surface area (TPSA) is 150 Å². The normalized spacial score (nSPS) is 17.8. The van der Waals surface area contributed by atoms with Gasteiger partial charge in [-0.3, -0.25) is 9.59 Å². The number of benzene rings is 1. The van der Waals surface area contributed by atoms with E-state index < -0.39 is 17.9 Å². The van der Waals surface area contributed by atoms with Gasteiger partial charge < -0.3 is 21.1 Å². The molecule has 9 nitrogen and oxygen atoms in total. The number of nitrogens with zero attached hydrogens (tertiary/aromatic N) is 1. The number of H-pyrrole nitrogens is 1. The number of hydrogen-bond acceptors (Lipinski definition) is 5. The van der Waals surface area contributed by atoms with Gasteiger partial charge in [-0.1, -0.05) is 19.3 Å². The van der Waals surface area contributed by atoms with Crippen LogP contribution in [0, 0.1) is 5.92 Å². The number of carbonyl (C=O) groups excluding carboxylic acids is 2. The minimum absolute atomic E-state index is 0.0705. The highest BCUT2D eigenvalue weighted by Gasteiger charge is 2.28. The third-order valence-corrected chi connectivity index (χ3v) is 5.48. The summed E-state index contributed by atoms with van der Waals surface area (Å²) >= 11 is 0. The average Bonchev–Trinajstić information content (AvgIpc) is 2.97. The van der Waals surface area contributed by atoms with Crippen molar-refractivity contribution >= 4 is 40.6 Å². The number of hydrogen-bond donors (Lipinski definition) is 5. The molecule has 9 heteroatoms. The summed E-state index contributed by atoms with van der Waals surface area (Å²) in [6.07, 6.45) is 6.48. The number of anilines is 1. The fourth-order valence-corrected chi connectivity index (χ4v) is 4.06. The Morgan fingerprint density at radius 3 is 2.71 bits per heavy atom. The van der Waals surface area contributed by atoms with Gasteiger partial charge >= 0.3 is 5.97 Å². The van der Waals surface area contributed by atoms with E-state index in [0.29, 0.717) is 22.2 Å². The second kappa shape index (κ2) is 7.08. The van der Waals surface area contributed by atoms with Gasteiger partial charge in [-0.15, -0.1) is 0 Å². The Hall–Kier alpha value is -3.20. The van der Waals surface area contributed by atoms with Crippen LogP contribution in [0.15, 0.2) is 17.2 Å². The zero-order chi connectivity index (χ0) is 19.8. The summed E-state index contributed by atoms with van der Waals surface area (Å²) in [5.41, 5.74) is 9.78. The van der Waals surface area contributed by atoms with E-state index in [0.717, 1.165) is 25.7 Å². The van der Waals surface area contributed by atoms with Crippen LogP contribution in [0.3, 0.4) is 0 Å². The minimum atomic E-state index is -1.16. The van der Waals surface area contributed by atoms with Crippen molar-refractivity contribution in [2.75, 3.05) is 5.32 Å². The quantitative estimate of drug-likeness (QED) is 0.545. The molecule has 0 bridgehead atoms. The predicted molar refractivity (Wildman–Crippen MR) is 103 cm³/mol. The van der Waals surface area contributed by atoms with Crippen molar-refractivity contribution in [3.63, 3.8) is 0 Å². The molecule has 1 aliphatic carbocycles. The fraction of sp³-hybridized carbons (Fsp3) is 0.368. The van der Waals surface area contributed by atoms with Gasteiger partial charge in [0.2, 0.25) is 5.91 Å². The Labute approximate surface area is 160 Å². The van der Waals surface area contributed by atoms with E-state index in [9.17, 15) is 19.5 Å². The molecule has 0 spiro atoms. The molecule has 1 aromatic heterocycles. The number of aromatic amines is 1. The third kappa shape index (κ3) is 3.13. The summed E-state index contributed by atoms with van der Waals surface area (Å²) in [4.78, 5) is 39.3. The molecule has 1 fully saturated rings. The molecule has 1 saturated carbocycles. The average molecular weight is 383 g/mol. The number of aromatic nitrogens is 1. The molecule has 0 unspecified atom stereocenters. The fourth-order valence-electron chi connectivity index (χ4n) is 4.06. The molecule has 0 radical (unpaired) electrons. The summed E-state index contributed by atoms with van der Waals surface area (Å²) in [6, 6.07) is 2.49. The molecular formula is C19H21N5O4. The molecule has 146 valence electrons. The van der Waals surface area contributed by atoms with Crippen LogP contribution in [0.25, 0.3) is 10.9 Å². The first kappa shape index (κ1) is 18.2. The van der Waals surface area contributed by atoms with Gasteiger partial charge in [0.05, 0.1) is 17.8 Å². The molecule has 2 heterocycles. The van der Waals surface area contributed by atoms with Crippen LogP contribution in [0.4, 0.5) is 5.69 Å². The molecule has 6 N–H and O–H groups in total. The van der Waals surface area contributed by atoms with Crippen molar-refractivity contribution in [3.8, 4) is 0 Å². The maximum absolute atomic E-state index is 12.6. The van der Waals surface area contributed by atoms with Gasteiger partial charge in [0.1, 0.15) is 5.69 Å². The molecule has 1 aliphatic heterocycles. The van der Waals surface area contributed by atoms with Gasteiger partial charge in [-0.05, 0) is 30.9 Å². The Balaban J connectivity index is 1.69. The van der Waals surface area contributed by atoms with E-state index in [1.54, 1.807) is 6.07 Å². The lowest BCUT2D eigenvalue weighted by molar-refractivity contribution is -0.118. The van der Waals surface area contributed by atoms with Crippen molar-refractivity contribution < 1.29 is 19.5 Å². The molecule has 0 saturated heterocycles. The van der Waals surface area contributed by atoms with Crippen LogP contribution in [0.5, 0.6) is 0 Å². The van der Waals surface area contributed by atoms with E-state index >= 15 is 0 Å². The summed E-state index contributed by atoms with van der Waals surface area (Å²) < 4.78 is 0. The highest BCUT2D eigenvalue weighted by atomic mass is 16.4. The standard InChI is InChI=1S/C19H21N5O4/c20-15(9-4-2-1-3-5-9)18(26)22-10-6-11-14-12(8-21-24-17(11)25)16(19(27)28)23-13(14)7-10/h6-9,15,23H,1-5,20H2,(H,22,26)(H,24,25)(H,27,28)/t15-/m1/s1. The van der Waals surface area contributed by atoms with E-state index in [-0.39, 0.29) is 23.1 Å². The SMILES string of the molecule is N[C@@H](C(=O)Nc1cc2c3c(c(C(=O)O)[nH]c3c1)C=NNC2=O)C1CCCCC1. The zero-order valence-corrected chi connectivity index (χ0v) is 15.1. The highest BCUT2D eigenvalue weighted by molar-refractivity contribution is 6.19. The van der Waals surface area contributed by atoms with Crippen molar-refractivity contribution in [1.82, 2.24) is 10.4 Å². The lowest BCUT2D eigenvalue weighted by Gasteiger charge is -2.26. The molecule has 2 aromatic rings. The summed E-state index contributed by atoms with van der Waals surface area (Å²) in [6.45, 7) is 0. The Morgan fingerprint density at radius 1 is 1.25 bits per heavy atom. The monoisotopic (exact) mass is 383 g/mol. The highest BCUT2D eigenvalue weighted by Crippen LogP contribution is 2.31. The second-order valence-corrected chi connectivity index (χ2v) is 7.28. The number of amides is 2. The number of carbonyl (C=O) groups is 3. The van der Waals surface area contributed by atoms with Crippen molar-refractivity contribution in [2.24, 2.45) is 16.8 Å². The van der Waals surface area contributed by atoms with Gasteiger partial charge in [0.15, 0.2) is 0 Å². The van der Waals surface area contributed by atoms with Gasteiger partial charge in [-0.2, -0.15) is 5.10 Å². The smallest absolute Gasteiger partial charge is 0.353 e. The molecular weight excluding hydrogens is 362 g/mol. The first-order valence-corrected chi connectivity index (χ1v) is 9.28. The Kier molecular flexibility index (Phi) is 4.60. The maximum Gasteiger partial charge on any atom is 0.353 e. The minimum Gasteiger partial charge on any atom is -0.477 e. The number of nitrogens with two attached hydrogens (primary N) is 1. The summed E-state index contributed by atoms with van der Waals surface area (Å²) in [5, 5.41) is 16.4. The molecule has 28 heavy (non-hydrogen) atoms. The van der Waals surface area contributed by atoms with E-state index in [1.165, 1.54) is 18.7 Å². The number of carboxylic acids is 1. The predicted octanol–water partition coefficient (Wildman–Crippen LogP) is 1.79. The first-order chi connectivity index (χ1) is 13.5. The van der Waals surface area contributed by atoms with Crippen LogP contribution in [-0.2, 0) is 4.79 Å². The maximum atomic E-state index is 12.6. The molecule has 1 atom stereocenters. The molecule has 2 amide bonds. The summed E-state index contributed by atoms with van der Waals surface area (Å²) in [5.74, 6) is -1.81. The molecule has 1 aromatic carbocycles. The number of nitrogens with one attached hydrogen (secondary N) is 3. The van der Waals surface area contributed by atoms with E-state index in [4.69, 9.17) is 5.73 Å². The lowest BCUT2D eigenvalue weighted by atomic mass is 9.84. The van der Waals surface area contributed by atoms with Crippen molar-refractivity contribution in [2.45, 2.75) is 38.1 Å². The third-order valence-electron chi connectivity index (χ3n) is 5.48. The molecule has 2 aliphatic rings. The van der Waals surface area contributed by atoms with Crippen molar-refractivity contribution in [1.29, 1.82) is 0 Å². The zero-order valence-electron chi connectivity index (χ0n) is 15.1. The van der Waals surface area contributed by atoms with Gasteiger partial charge in [-0.25, -0.2) is 10.2 Å². The molecule has 4 rings (SSSR count). The van der Waals surface area contributed by atoms with Crippen LogP contribution in [0.2, 0.25) is 0 Å². The number of carboxylic acid groups (broad SMARTS) is 1. The lowest BCUT2D eigenvalue weighted by Crippen LogP contribution is -2.42. The summed E-state index contributed by atoms with van der Waals surface area (Å²) in [7, 11) is 0. The second-order valence-electron chi connectivity index (χ2n) is 7.28. The first-order valence-electron chi connectivity index (χ1n) is 9.28. The van der Waals surface area contributed by atoms with Gasteiger partial charge in [0.25, 0.3) is 5.91 Å². The van der Waals surface area contributed by atoms with Gasteiger partial charge in [0, 0.05) is 22.2 Å². The number of aromatic carboxylic acids is 1. The Morgan fingerprint density at radius 2 is 2.00 bits per heavy atom. The van der Waals surface area contributed by atoms with E-state index in [1.807, 2.05) is 0 Å². The van der Waals surface area contributed by atoms with Crippen molar-refractivity contribution in [3.05, 3.63) is 29.0 Å². The van der Waals surface area contributed by atoms with E-state index in [2.05, 4.69) is 20.8 Å².